The summed E-state index contributed by atoms with van der Waals surface area (Å²) in [4.78, 5) is 82.3. The minimum Gasteiger partial charge on any atom is -0.354 e. The number of rotatable bonds is 13. The molecule has 3 N–H and O–H groups in total. The van der Waals surface area contributed by atoms with Gasteiger partial charge in [0.25, 0.3) is 22.7 Å². The third-order valence-electron chi connectivity index (χ3n) is 24.9. The number of nitrogens with zero attached hydrogens (tertiary/aromatic N) is 13. The van der Waals surface area contributed by atoms with Crippen LogP contribution in [0.4, 0.5) is 22.7 Å². The molecule has 0 unspecified atom stereocenters. The van der Waals surface area contributed by atoms with E-state index >= 15 is 0 Å². The summed E-state index contributed by atoms with van der Waals surface area (Å²) >= 11 is 9.58. The van der Waals surface area contributed by atoms with Gasteiger partial charge >= 0.3 is 0 Å². The number of nitrogens with one attached hydrogen (secondary N) is 3. The second kappa shape index (κ2) is 37.5. The Morgan fingerprint density at radius 2 is 0.461 bits per heavy atom. The third kappa shape index (κ3) is 16.8. The standard InChI is InChI=1S/C39H24BrN5.C33H21N5.C18H12N2O4.C18H12N2.C6H2Br2N2O4/c40-31-19-9-12-22-34(31)44-32-20-10-7-17-27(32)29-24-36-30(23-35(29)44)28-18-8-11-21-33(28)45(36)39-42-37(25-13-3-1-4-14-25)41-38(43-39)26-15-5-2-6-16-26;1-3-11-21(12-4-1)31-35-32(22-13-5-2-6-14-22)37-33(36-31)38-29-18-10-8-16-24(29)26-19-28-25(20-30(26)38)23-15-7-9-17-27(23)34-28;21-19(22)17-12-16(14-9-5-2-6-10-14)18(20(23)24)11-15(17)13-7-3-1-4-8-13;1-3-7-15-11(5-1)13-9-18-14(10-17(13)19-15)12-6-2-4-8-16(12)20-18;7-3-1-5(9(11)12)4(8)2-6(3)10(13)14/h1-24H;1-20,34H;1-12H;1-10,19-20H;1-2H. The number of H-pyrrole nitrogens is 3. The van der Waals surface area contributed by atoms with Crippen LogP contribution in [0.1, 0.15) is 0 Å². The molecule has 0 radical (unpaired) electrons. The van der Waals surface area contributed by atoms with Crippen LogP contribution in [-0.4, -0.2) is 78.3 Å². The number of nitro groups is 4. The second-order valence-corrected chi connectivity index (χ2v) is 35.8. The molecular weight excluding hydrogens is 1960 g/mol. The van der Waals surface area contributed by atoms with Gasteiger partial charge in [0.2, 0.25) is 11.9 Å². The number of hydrogen-bond donors (Lipinski definition) is 3. The van der Waals surface area contributed by atoms with Crippen LogP contribution < -0.4 is 0 Å². The monoisotopic (exact) mass is 2030 g/mol. The summed E-state index contributed by atoms with van der Waals surface area (Å²) in [6.45, 7) is 0. The zero-order valence-electron chi connectivity index (χ0n) is 74.0. The molecule has 0 atom stereocenters. The van der Waals surface area contributed by atoms with E-state index in [1.807, 2.05) is 121 Å². The first kappa shape index (κ1) is 88.1. The van der Waals surface area contributed by atoms with Gasteiger partial charge in [-0.25, -0.2) is 9.97 Å². The average molecular weight is 2030 g/mol. The molecule has 18 aromatic carbocycles. The van der Waals surface area contributed by atoms with Gasteiger partial charge in [-0.1, -0.05) is 303 Å². The van der Waals surface area contributed by atoms with Gasteiger partial charge in [-0.2, -0.15) is 19.9 Å². The maximum atomic E-state index is 11.5. The van der Waals surface area contributed by atoms with Crippen molar-refractivity contribution in [3.63, 3.8) is 0 Å². The van der Waals surface area contributed by atoms with Gasteiger partial charge in [0.15, 0.2) is 23.3 Å². The minimum absolute atomic E-state index is 0.0809. The van der Waals surface area contributed by atoms with Crippen molar-refractivity contribution < 1.29 is 19.7 Å². The number of aromatic nitrogens is 12. The van der Waals surface area contributed by atoms with Gasteiger partial charge in [-0.3, -0.25) is 49.6 Å². The topological polar surface area (TPSA) is 312 Å². The van der Waals surface area contributed by atoms with Crippen LogP contribution in [0, 0.1) is 40.5 Å². The lowest BCUT2D eigenvalue weighted by molar-refractivity contribution is -0.390. The number of hydrogen-bond acceptors (Lipinski definition) is 14. The van der Waals surface area contributed by atoms with Gasteiger partial charge in [0.05, 0.1) is 69.6 Å². The van der Waals surface area contributed by atoms with Crippen molar-refractivity contribution >= 4 is 201 Å². The van der Waals surface area contributed by atoms with E-state index in [1.165, 1.54) is 77.3 Å². The predicted octanol–water partition coefficient (Wildman–Crippen LogP) is 30.9. The summed E-state index contributed by atoms with van der Waals surface area (Å²) in [7, 11) is 0. The molecule has 0 saturated heterocycles. The smallest absolute Gasteiger partial charge is 0.285 e. The number of para-hydroxylation sites is 7. The third-order valence-corrected chi connectivity index (χ3v) is 26.8. The first-order valence-electron chi connectivity index (χ1n) is 44.6. The van der Waals surface area contributed by atoms with Crippen LogP contribution in [-0.2, 0) is 0 Å². The molecule has 676 valence electrons. The van der Waals surface area contributed by atoms with Crippen molar-refractivity contribution in [2.75, 3.05) is 0 Å². The quantitative estimate of drug-likeness (QED) is 0.0714. The summed E-state index contributed by atoms with van der Waals surface area (Å²) in [5.41, 5.74) is 19.2. The van der Waals surface area contributed by atoms with Gasteiger partial charge in [-0.05, 0) is 144 Å². The van der Waals surface area contributed by atoms with Gasteiger partial charge in [0.1, 0.15) is 8.95 Å². The molecule has 0 aliphatic carbocycles. The van der Waals surface area contributed by atoms with E-state index in [0.717, 1.165) is 110 Å². The predicted molar refractivity (Wildman–Crippen MR) is 572 cm³/mol. The van der Waals surface area contributed by atoms with Crippen LogP contribution in [0.3, 0.4) is 0 Å². The first-order valence-corrected chi connectivity index (χ1v) is 47.0. The fourth-order valence-electron chi connectivity index (χ4n) is 18.4. The summed E-state index contributed by atoms with van der Waals surface area (Å²) in [6, 6.07) is 135. The molecule has 26 aromatic rings. The molecule has 0 aliphatic heterocycles. The lowest BCUT2D eigenvalue weighted by Crippen LogP contribution is -2.06. The van der Waals surface area contributed by atoms with Crippen LogP contribution in [0.15, 0.2) is 426 Å². The lowest BCUT2D eigenvalue weighted by Gasteiger charge is -2.11. The first-order chi connectivity index (χ1) is 69.0. The molecule has 0 fully saturated rings. The maximum absolute atomic E-state index is 11.5. The molecular formula is C114H71Br3N16O8. The van der Waals surface area contributed by atoms with Gasteiger partial charge in [0, 0.05) is 149 Å². The Bertz CT molecular complexity index is 9130. The number of halogens is 3. The summed E-state index contributed by atoms with van der Waals surface area (Å²) in [6.07, 6.45) is 0. The van der Waals surface area contributed by atoms with Crippen LogP contribution >= 0.6 is 47.8 Å². The molecule has 26 rings (SSSR count). The Morgan fingerprint density at radius 1 is 0.206 bits per heavy atom. The molecule has 8 aromatic heterocycles. The molecule has 8 heterocycles. The van der Waals surface area contributed by atoms with Gasteiger partial charge in [-0.15, -0.1) is 0 Å². The number of aromatic amines is 3. The van der Waals surface area contributed by atoms with Crippen molar-refractivity contribution in [1.29, 1.82) is 0 Å². The molecule has 0 spiro atoms. The average Bonchev–Trinajstić information content (AvgIpc) is 1.56. The minimum atomic E-state index is -0.626. The Morgan fingerprint density at radius 3 is 0.794 bits per heavy atom. The van der Waals surface area contributed by atoms with Crippen molar-refractivity contribution in [3.05, 3.63) is 466 Å². The van der Waals surface area contributed by atoms with Crippen molar-refractivity contribution in [2.24, 2.45) is 0 Å². The zero-order valence-corrected chi connectivity index (χ0v) is 78.7. The summed E-state index contributed by atoms with van der Waals surface area (Å²) in [5, 5.41) is 58.3. The zero-order chi connectivity index (χ0) is 96.0. The fraction of sp³-hybridized carbons (Fsp3) is 0. The number of benzene rings is 18. The Hall–Kier alpha value is -18.2. The van der Waals surface area contributed by atoms with Crippen molar-refractivity contribution in [2.45, 2.75) is 0 Å². The second-order valence-electron chi connectivity index (χ2n) is 33.2. The van der Waals surface area contributed by atoms with E-state index in [9.17, 15) is 40.5 Å². The molecule has 0 saturated carbocycles. The van der Waals surface area contributed by atoms with Gasteiger partial charge < -0.3 is 19.5 Å². The van der Waals surface area contributed by atoms with Crippen molar-refractivity contribution in [3.8, 4) is 85.4 Å². The SMILES string of the molecule is Brc1ccccc1-n1c2ccccc2c2cc3c(cc21)c1ccccc1n3-c1nc(-c2ccccc2)nc(-c2ccccc2)n1.O=[N+]([O-])c1cc(-c2ccccc2)c([N+](=O)[O-])cc1-c1ccccc1.O=[N+]([O-])c1cc(Br)c([N+](=O)[O-])cc1Br.c1ccc(-c2nc(-c3ccccc3)nc(-n3c4ccccc4c4cc5[nH]c6ccccc6c5cc43)n2)cc1.c1ccc2c(c1)[nH]c1cc3c(cc12)[nH]c1ccccc13. The van der Waals surface area contributed by atoms with E-state index in [2.05, 4.69) is 283 Å². The normalized spacial score (nSPS) is 11.3. The van der Waals surface area contributed by atoms with Crippen LogP contribution in [0.5, 0.6) is 0 Å². The Labute approximate surface area is 825 Å². The highest BCUT2D eigenvalue weighted by atomic mass is 79.9. The largest absolute Gasteiger partial charge is 0.354 e. The number of nitro benzene ring substituents is 4. The summed E-state index contributed by atoms with van der Waals surface area (Å²) < 4.78 is 7.92. The molecule has 24 nitrogen and oxygen atoms in total. The van der Waals surface area contributed by atoms with E-state index in [-0.39, 0.29) is 42.8 Å². The highest BCUT2D eigenvalue weighted by Gasteiger charge is 2.29. The molecule has 0 bridgehead atoms. The van der Waals surface area contributed by atoms with E-state index < -0.39 is 19.7 Å². The molecule has 141 heavy (non-hydrogen) atoms. The maximum Gasteiger partial charge on any atom is 0.285 e. The lowest BCUT2D eigenvalue weighted by atomic mass is 9.96. The van der Waals surface area contributed by atoms with Crippen LogP contribution in [0.2, 0.25) is 0 Å². The molecule has 0 amide bonds. The van der Waals surface area contributed by atoms with Crippen molar-refractivity contribution in [1.82, 2.24) is 58.6 Å². The highest BCUT2D eigenvalue weighted by molar-refractivity contribution is 9.11. The van der Waals surface area contributed by atoms with E-state index in [4.69, 9.17) is 29.9 Å². The highest BCUT2D eigenvalue weighted by Crippen LogP contribution is 2.46. The molecule has 0 aliphatic rings. The van der Waals surface area contributed by atoms with E-state index in [0.29, 0.717) is 46.3 Å². The van der Waals surface area contributed by atoms with Crippen LogP contribution in [0.25, 0.3) is 216 Å². The van der Waals surface area contributed by atoms with E-state index in [1.54, 1.807) is 60.7 Å². The number of fused-ring (bicyclic) bond motifs is 18. The molecule has 27 heteroatoms. The Balaban J connectivity index is 0.000000107. The fourth-order valence-corrected chi connectivity index (χ4v) is 19.9. The Kier molecular flexibility index (Phi) is 23.4. The summed E-state index contributed by atoms with van der Waals surface area (Å²) in [5.74, 6) is 3.75.